The van der Waals surface area contributed by atoms with Gasteiger partial charge in [0, 0.05) is 12.1 Å². The van der Waals surface area contributed by atoms with Crippen molar-refractivity contribution in [3.8, 4) is 5.75 Å². The van der Waals surface area contributed by atoms with Gasteiger partial charge >= 0.3 is 0 Å². The van der Waals surface area contributed by atoms with Gasteiger partial charge in [-0.3, -0.25) is 0 Å². The molecule has 5 heteroatoms. The zero-order valence-corrected chi connectivity index (χ0v) is 13.2. The van der Waals surface area contributed by atoms with Crippen LogP contribution in [0.4, 0.5) is 8.78 Å². The fraction of sp³-hybridized carbons (Fsp3) is 0.250. The summed E-state index contributed by atoms with van der Waals surface area (Å²) in [6.07, 6.45) is 0. The van der Waals surface area contributed by atoms with Crippen molar-refractivity contribution in [2.45, 2.75) is 20.1 Å². The van der Waals surface area contributed by atoms with E-state index in [1.165, 1.54) is 12.1 Å². The summed E-state index contributed by atoms with van der Waals surface area (Å²) in [5, 5.41) is 3.13. The molecule has 2 nitrogen and oxygen atoms in total. The standard InChI is InChI=1S/C16H16BrF2NO/c1-2-20-9-11-6-7-15(14(19)8-11)21-10-12-4-3-5-13(18)16(12)17/h3-8,20H,2,9-10H2,1H3. The van der Waals surface area contributed by atoms with Crippen LogP contribution in [0.3, 0.4) is 0 Å². The fourth-order valence-corrected chi connectivity index (χ4v) is 2.23. The molecule has 0 unspecified atom stereocenters. The second-order valence-corrected chi connectivity index (χ2v) is 5.34. The van der Waals surface area contributed by atoms with E-state index in [4.69, 9.17) is 4.74 Å². The monoisotopic (exact) mass is 355 g/mol. The Hall–Kier alpha value is -1.46. The highest BCUT2D eigenvalue weighted by molar-refractivity contribution is 9.10. The molecule has 112 valence electrons. The summed E-state index contributed by atoms with van der Waals surface area (Å²) < 4.78 is 33.1. The van der Waals surface area contributed by atoms with Crippen LogP contribution < -0.4 is 10.1 Å². The molecule has 2 aromatic rings. The Balaban J connectivity index is 2.04. The van der Waals surface area contributed by atoms with E-state index in [2.05, 4.69) is 21.2 Å². The summed E-state index contributed by atoms with van der Waals surface area (Å²) in [6.45, 7) is 3.53. The van der Waals surface area contributed by atoms with Crippen molar-refractivity contribution in [2.75, 3.05) is 6.54 Å². The van der Waals surface area contributed by atoms with Gasteiger partial charge in [-0.2, -0.15) is 0 Å². The maximum Gasteiger partial charge on any atom is 0.165 e. The number of halogens is 3. The van der Waals surface area contributed by atoms with Gasteiger partial charge in [-0.05, 0) is 46.2 Å². The van der Waals surface area contributed by atoms with Crippen LogP contribution in [0, 0.1) is 11.6 Å². The SMILES string of the molecule is CCNCc1ccc(OCc2cccc(F)c2Br)c(F)c1. The van der Waals surface area contributed by atoms with Crippen LogP contribution in [0.1, 0.15) is 18.1 Å². The molecule has 0 saturated carbocycles. The van der Waals surface area contributed by atoms with E-state index >= 15 is 0 Å². The van der Waals surface area contributed by atoms with Gasteiger partial charge in [-0.15, -0.1) is 0 Å². The molecular formula is C16H16BrF2NO. The summed E-state index contributed by atoms with van der Waals surface area (Å²) >= 11 is 3.16. The Labute approximate surface area is 131 Å². The zero-order chi connectivity index (χ0) is 15.2. The predicted molar refractivity (Wildman–Crippen MR) is 82.2 cm³/mol. The van der Waals surface area contributed by atoms with Gasteiger partial charge in [0.1, 0.15) is 12.4 Å². The van der Waals surface area contributed by atoms with Gasteiger partial charge < -0.3 is 10.1 Å². The van der Waals surface area contributed by atoms with E-state index in [9.17, 15) is 8.78 Å². The first-order valence-corrected chi connectivity index (χ1v) is 7.46. The van der Waals surface area contributed by atoms with E-state index in [0.717, 1.165) is 12.1 Å². The van der Waals surface area contributed by atoms with E-state index in [1.54, 1.807) is 18.2 Å². The number of hydrogen-bond donors (Lipinski definition) is 1. The van der Waals surface area contributed by atoms with Crippen molar-refractivity contribution in [2.24, 2.45) is 0 Å². The Bertz CT molecular complexity index is 619. The zero-order valence-electron chi connectivity index (χ0n) is 11.6. The van der Waals surface area contributed by atoms with Crippen LogP contribution in [0.25, 0.3) is 0 Å². The minimum Gasteiger partial charge on any atom is -0.486 e. The first kappa shape index (κ1) is 15.9. The molecule has 0 aromatic heterocycles. The van der Waals surface area contributed by atoms with Crippen LogP contribution in [-0.2, 0) is 13.2 Å². The highest BCUT2D eigenvalue weighted by Gasteiger charge is 2.08. The molecule has 0 aliphatic carbocycles. The molecule has 1 N–H and O–H groups in total. The Kier molecular flexibility index (Phi) is 5.70. The van der Waals surface area contributed by atoms with Gasteiger partial charge in [-0.25, -0.2) is 8.78 Å². The second kappa shape index (κ2) is 7.52. The van der Waals surface area contributed by atoms with Crippen LogP contribution in [0.2, 0.25) is 0 Å². The number of rotatable bonds is 6. The molecule has 0 bridgehead atoms. The summed E-state index contributed by atoms with van der Waals surface area (Å²) in [6, 6.07) is 9.51. The summed E-state index contributed by atoms with van der Waals surface area (Å²) in [5.74, 6) is -0.623. The minimum absolute atomic E-state index is 0.0990. The van der Waals surface area contributed by atoms with Gasteiger partial charge in [0.05, 0.1) is 4.47 Å². The predicted octanol–water partition coefficient (Wildman–Crippen LogP) is 4.42. The first-order chi connectivity index (χ1) is 10.1. The van der Waals surface area contributed by atoms with E-state index < -0.39 is 5.82 Å². The van der Waals surface area contributed by atoms with Crippen molar-refractivity contribution >= 4 is 15.9 Å². The third kappa shape index (κ3) is 4.25. The Morgan fingerprint density at radius 2 is 1.95 bits per heavy atom. The topological polar surface area (TPSA) is 21.3 Å². The van der Waals surface area contributed by atoms with Crippen LogP contribution in [-0.4, -0.2) is 6.54 Å². The maximum atomic E-state index is 13.9. The summed E-state index contributed by atoms with van der Waals surface area (Å²) in [4.78, 5) is 0. The third-order valence-corrected chi connectivity index (χ3v) is 3.88. The summed E-state index contributed by atoms with van der Waals surface area (Å²) in [7, 11) is 0. The Morgan fingerprint density at radius 1 is 1.14 bits per heavy atom. The van der Waals surface area contributed by atoms with Crippen LogP contribution in [0.5, 0.6) is 5.75 Å². The molecule has 0 atom stereocenters. The lowest BCUT2D eigenvalue weighted by Gasteiger charge is -2.10. The number of benzene rings is 2. The fourth-order valence-electron chi connectivity index (χ4n) is 1.86. The maximum absolute atomic E-state index is 13.9. The average molecular weight is 356 g/mol. The molecular weight excluding hydrogens is 340 g/mol. The second-order valence-electron chi connectivity index (χ2n) is 4.55. The first-order valence-electron chi connectivity index (χ1n) is 6.66. The molecule has 0 aliphatic heterocycles. The van der Waals surface area contributed by atoms with Gasteiger partial charge in [0.25, 0.3) is 0 Å². The van der Waals surface area contributed by atoms with E-state index in [-0.39, 0.29) is 18.2 Å². The number of nitrogens with one attached hydrogen (secondary N) is 1. The number of ether oxygens (including phenoxy) is 1. The molecule has 0 amide bonds. The lowest BCUT2D eigenvalue weighted by Crippen LogP contribution is -2.11. The highest BCUT2D eigenvalue weighted by atomic mass is 79.9. The van der Waals surface area contributed by atoms with Crippen molar-refractivity contribution in [1.82, 2.24) is 5.32 Å². The Morgan fingerprint density at radius 3 is 2.67 bits per heavy atom. The van der Waals surface area contributed by atoms with Gasteiger partial charge in [-0.1, -0.05) is 25.1 Å². The molecule has 0 aliphatic rings. The van der Waals surface area contributed by atoms with Crippen LogP contribution in [0.15, 0.2) is 40.9 Å². The number of hydrogen-bond acceptors (Lipinski definition) is 2. The molecule has 0 fully saturated rings. The molecule has 0 heterocycles. The summed E-state index contributed by atoms with van der Waals surface area (Å²) in [5.41, 5.74) is 1.49. The lowest BCUT2D eigenvalue weighted by molar-refractivity contribution is 0.288. The van der Waals surface area contributed by atoms with E-state index in [0.29, 0.717) is 16.6 Å². The molecule has 0 radical (unpaired) electrons. The molecule has 2 rings (SSSR count). The van der Waals surface area contributed by atoms with Crippen molar-refractivity contribution in [3.05, 3.63) is 63.6 Å². The molecule has 2 aromatic carbocycles. The van der Waals surface area contributed by atoms with Gasteiger partial charge in [0.2, 0.25) is 0 Å². The van der Waals surface area contributed by atoms with Gasteiger partial charge in [0.15, 0.2) is 11.6 Å². The van der Waals surface area contributed by atoms with Crippen molar-refractivity contribution in [1.29, 1.82) is 0 Å². The van der Waals surface area contributed by atoms with Crippen LogP contribution >= 0.6 is 15.9 Å². The quantitative estimate of drug-likeness (QED) is 0.828. The van der Waals surface area contributed by atoms with E-state index in [1.807, 2.05) is 13.0 Å². The molecule has 0 spiro atoms. The molecule has 21 heavy (non-hydrogen) atoms. The van der Waals surface area contributed by atoms with Crippen molar-refractivity contribution in [3.63, 3.8) is 0 Å². The highest BCUT2D eigenvalue weighted by Crippen LogP contribution is 2.24. The smallest absolute Gasteiger partial charge is 0.165 e. The minimum atomic E-state index is -0.419. The molecule has 0 saturated heterocycles. The third-order valence-electron chi connectivity index (χ3n) is 2.99. The van der Waals surface area contributed by atoms with Crippen molar-refractivity contribution < 1.29 is 13.5 Å². The average Bonchev–Trinajstić information content (AvgIpc) is 2.48. The largest absolute Gasteiger partial charge is 0.486 e. The lowest BCUT2D eigenvalue weighted by atomic mass is 10.2. The normalized spacial score (nSPS) is 10.7.